The van der Waals surface area contributed by atoms with Crippen LogP contribution >= 0.6 is 35.0 Å². The van der Waals surface area contributed by atoms with Gasteiger partial charge < -0.3 is 0 Å². The van der Waals surface area contributed by atoms with Gasteiger partial charge in [0.15, 0.2) is 0 Å². The molecule has 92 valence electrons. The molecule has 0 radical (unpaired) electrons. The first-order valence-corrected chi connectivity index (χ1v) is 7.52. The van der Waals surface area contributed by atoms with E-state index < -0.39 is 0 Å². The molecule has 3 heteroatoms. The summed E-state index contributed by atoms with van der Waals surface area (Å²) in [6.45, 7) is 13.1. The fourth-order valence-corrected chi connectivity index (χ4v) is 3.59. The zero-order valence-electron chi connectivity index (χ0n) is 10.6. The number of hydrogen-bond donors (Lipinski definition) is 0. The smallest absolute Gasteiger partial charge is 0.0343 e. The van der Waals surface area contributed by atoms with Gasteiger partial charge >= 0.3 is 0 Å². The molecule has 0 aromatic heterocycles. The van der Waals surface area contributed by atoms with Crippen LogP contribution in [0.2, 0.25) is 0 Å². The van der Waals surface area contributed by atoms with E-state index in [9.17, 15) is 0 Å². The Labute approximate surface area is 109 Å². The van der Waals surface area contributed by atoms with Crippen molar-refractivity contribution < 1.29 is 0 Å². The van der Waals surface area contributed by atoms with Gasteiger partial charge in [0.1, 0.15) is 0 Å². The van der Waals surface area contributed by atoms with Crippen LogP contribution in [0.5, 0.6) is 0 Å². The molecular formula is C12H24Cl2S. The lowest BCUT2D eigenvalue weighted by atomic mass is 10.1. The minimum Gasteiger partial charge on any atom is -0.155 e. The molecule has 6 atom stereocenters. The second-order valence-electron chi connectivity index (χ2n) is 4.62. The zero-order valence-corrected chi connectivity index (χ0v) is 13.0. The number of rotatable bonds is 6. The van der Waals surface area contributed by atoms with Gasteiger partial charge in [-0.1, -0.05) is 27.7 Å². The van der Waals surface area contributed by atoms with Crippen molar-refractivity contribution in [3.8, 4) is 0 Å². The van der Waals surface area contributed by atoms with E-state index in [4.69, 9.17) is 23.2 Å². The molecule has 0 aliphatic rings. The van der Waals surface area contributed by atoms with Crippen molar-refractivity contribution in [1.29, 1.82) is 0 Å². The maximum absolute atomic E-state index is 6.11. The number of halogens is 2. The zero-order chi connectivity index (χ0) is 12.2. The minimum atomic E-state index is 0.239. The standard InChI is InChI=1S/C12H24Cl2S/c1-7(9(3)13)11(5)15-12(6)8(2)10(4)14/h7-12H,1-6H3. The van der Waals surface area contributed by atoms with Gasteiger partial charge in [0, 0.05) is 21.3 Å². The Bertz CT molecular complexity index is 153. The summed E-state index contributed by atoms with van der Waals surface area (Å²) in [5.74, 6) is 1.08. The largest absolute Gasteiger partial charge is 0.155 e. The van der Waals surface area contributed by atoms with Gasteiger partial charge in [-0.3, -0.25) is 0 Å². The second-order valence-corrected chi connectivity index (χ2v) is 7.76. The van der Waals surface area contributed by atoms with Crippen LogP contribution < -0.4 is 0 Å². The van der Waals surface area contributed by atoms with E-state index in [0.29, 0.717) is 22.3 Å². The third-order valence-electron chi connectivity index (χ3n) is 3.36. The maximum Gasteiger partial charge on any atom is 0.0343 e. The van der Waals surface area contributed by atoms with E-state index in [-0.39, 0.29) is 10.8 Å². The molecule has 0 aliphatic heterocycles. The van der Waals surface area contributed by atoms with Gasteiger partial charge in [0.05, 0.1) is 0 Å². The first kappa shape index (κ1) is 15.9. The number of thioether (sulfide) groups is 1. The van der Waals surface area contributed by atoms with Crippen LogP contribution in [-0.4, -0.2) is 21.3 Å². The van der Waals surface area contributed by atoms with Crippen LogP contribution in [0.25, 0.3) is 0 Å². The van der Waals surface area contributed by atoms with Gasteiger partial charge in [-0.05, 0) is 25.7 Å². The van der Waals surface area contributed by atoms with Crippen molar-refractivity contribution in [2.24, 2.45) is 11.8 Å². The quantitative estimate of drug-likeness (QED) is 0.611. The first-order chi connectivity index (χ1) is 6.77. The molecule has 15 heavy (non-hydrogen) atoms. The molecule has 0 spiro atoms. The monoisotopic (exact) mass is 270 g/mol. The second kappa shape index (κ2) is 7.29. The Morgan fingerprint density at radius 1 is 0.667 bits per heavy atom. The molecule has 6 unspecified atom stereocenters. The average Bonchev–Trinajstić information content (AvgIpc) is 2.14. The highest BCUT2D eigenvalue weighted by molar-refractivity contribution is 8.00. The topological polar surface area (TPSA) is 0 Å². The summed E-state index contributed by atoms with van der Waals surface area (Å²) in [5, 5.41) is 1.66. The summed E-state index contributed by atoms with van der Waals surface area (Å²) in [6.07, 6.45) is 0. The highest BCUT2D eigenvalue weighted by Gasteiger charge is 2.24. The van der Waals surface area contributed by atoms with E-state index in [1.54, 1.807) is 0 Å². The SMILES string of the molecule is CC(Cl)C(C)C(C)SC(C)C(C)C(C)Cl. The third kappa shape index (κ3) is 5.70. The molecule has 0 saturated carbocycles. The summed E-state index contributed by atoms with van der Waals surface area (Å²) in [4.78, 5) is 0. The fourth-order valence-electron chi connectivity index (χ4n) is 1.33. The normalized spacial score (nSPS) is 24.0. The van der Waals surface area contributed by atoms with Crippen LogP contribution in [0.4, 0.5) is 0 Å². The van der Waals surface area contributed by atoms with Crippen molar-refractivity contribution >= 4 is 35.0 Å². The molecule has 0 aliphatic carbocycles. The van der Waals surface area contributed by atoms with Gasteiger partial charge in [-0.25, -0.2) is 0 Å². The van der Waals surface area contributed by atoms with Crippen molar-refractivity contribution in [1.82, 2.24) is 0 Å². The van der Waals surface area contributed by atoms with Crippen molar-refractivity contribution in [3.63, 3.8) is 0 Å². The highest BCUT2D eigenvalue weighted by Crippen LogP contribution is 2.32. The van der Waals surface area contributed by atoms with Crippen molar-refractivity contribution in [2.75, 3.05) is 0 Å². The van der Waals surface area contributed by atoms with Gasteiger partial charge in [0.25, 0.3) is 0 Å². The highest BCUT2D eigenvalue weighted by atomic mass is 35.5. The maximum atomic E-state index is 6.11. The van der Waals surface area contributed by atoms with Crippen molar-refractivity contribution in [3.05, 3.63) is 0 Å². The lowest BCUT2D eigenvalue weighted by Gasteiger charge is -2.28. The minimum absolute atomic E-state index is 0.239. The predicted molar refractivity (Wildman–Crippen MR) is 75.5 cm³/mol. The summed E-state index contributed by atoms with van der Waals surface area (Å²) in [5.41, 5.74) is 0. The number of alkyl halides is 2. The molecule has 0 rings (SSSR count). The Morgan fingerprint density at radius 3 is 1.13 bits per heavy atom. The molecule has 0 N–H and O–H groups in total. The molecular weight excluding hydrogens is 247 g/mol. The molecule has 0 amide bonds. The average molecular weight is 271 g/mol. The molecule has 0 nitrogen and oxygen atoms in total. The fraction of sp³-hybridized carbons (Fsp3) is 1.00. The number of hydrogen-bond acceptors (Lipinski definition) is 1. The summed E-state index contributed by atoms with van der Waals surface area (Å²) >= 11 is 14.2. The van der Waals surface area contributed by atoms with Crippen LogP contribution in [-0.2, 0) is 0 Å². The van der Waals surface area contributed by atoms with Crippen LogP contribution in [0.1, 0.15) is 41.5 Å². The Kier molecular flexibility index (Phi) is 7.75. The molecule has 0 heterocycles. The Hall–Kier alpha value is 0.930. The van der Waals surface area contributed by atoms with Crippen LogP contribution in [0, 0.1) is 11.8 Å². The van der Waals surface area contributed by atoms with Gasteiger partial charge in [-0.2, -0.15) is 11.8 Å². The van der Waals surface area contributed by atoms with Gasteiger partial charge in [0.2, 0.25) is 0 Å². The molecule has 0 bridgehead atoms. The van der Waals surface area contributed by atoms with E-state index in [0.717, 1.165) is 0 Å². The van der Waals surface area contributed by atoms with E-state index in [1.807, 2.05) is 11.8 Å². The lowest BCUT2D eigenvalue weighted by Crippen LogP contribution is -2.25. The van der Waals surface area contributed by atoms with E-state index >= 15 is 0 Å². The van der Waals surface area contributed by atoms with E-state index in [1.165, 1.54) is 0 Å². The van der Waals surface area contributed by atoms with Crippen LogP contribution in [0.3, 0.4) is 0 Å². The third-order valence-corrected chi connectivity index (χ3v) is 5.87. The molecule has 0 saturated heterocycles. The first-order valence-electron chi connectivity index (χ1n) is 5.71. The summed E-state index contributed by atoms with van der Waals surface area (Å²) < 4.78 is 0. The Morgan fingerprint density at radius 2 is 0.933 bits per heavy atom. The molecule has 0 aromatic carbocycles. The van der Waals surface area contributed by atoms with E-state index in [2.05, 4.69) is 41.5 Å². The predicted octanol–water partition coefficient (Wildman–Crippen LogP) is 5.02. The summed E-state index contributed by atoms with van der Waals surface area (Å²) in [7, 11) is 0. The Balaban J connectivity index is 4.11. The van der Waals surface area contributed by atoms with Crippen molar-refractivity contribution in [2.45, 2.75) is 62.8 Å². The molecule has 0 aromatic rings. The summed E-state index contributed by atoms with van der Waals surface area (Å²) in [6, 6.07) is 0. The van der Waals surface area contributed by atoms with Crippen LogP contribution in [0.15, 0.2) is 0 Å². The lowest BCUT2D eigenvalue weighted by molar-refractivity contribution is 0.541. The molecule has 0 fully saturated rings. The van der Waals surface area contributed by atoms with Gasteiger partial charge in [-0.15, -0.1) is 23.2 Å².